The number of nitrogens with one attached hydrogen (secondary N) is 2. The van der Waals surface area contributed by atoms with Crippen molar-refractivity contribution in [1.29, 1.82) is 0 Å². The minimum atomic E-state index is 0.189. The Hall–Kier alpha value is -8.74. The molecule has 372 valence electrons. The van der Waals surface area contributed by atoms with Crippen LogP contribution in [0.1, 0.15) is 60.2 Å². The summed E-state index contributed by atoms with van der Waals surface area (Å²) in [5.74, 6) is 0.956. The van der Waals surface area contributed by atoms with Gasteiger partial charge in [-0.3, -0.25) is 9.98 Å². The van der Waals surface area contributed by atoms with Gasteiger partial charge in [0, 0.05) is 119 Å². The lowest BCUT2D eigenvalue weighted by Gasteiger charge is -2.16. The number of hydrogen-bond acceptors (Lipinski definition) is 8. The Bertz CT molecular complexity index is 3620. The van der Waals surface area contributed by atoms with Gasteiger partial charge in [-0.05, 0) is 145 Å². The molecule has 0 fully saturated rings. The Morgan fingerprint density at radius 1 is 0.653 bits per heavy atom. The SMILES string of the molecule is CN1C=CC(=C2C3=NC(=C(c4cc[n+](C)cc4)C4=NC(=C(c5ccc(OCCCCC(O)=NCCCCNc6ccnc7cc(Cl)ccc67)cc5)c5ccc([nH]5)C(c5cc[n+](C)cc5)=C5C=CC2=N5)C=C4)C=C3)C=C1. The van der Waals surface area contributed by atoms with Crippen LogP contribution in [0.2, 0.25) is 5.02 Å². The average molecular weight is 1010 g/mol. The number of rotatable bonds is 15. The molecule has 0 unspecified atom stereocenters. The molecule has 0 atom stereocenters. The van der Waals surface area contributed by atoms with Gasteiger partial charge in [-0.1, -0.05) is 23.7 Å². The maximum absolute atomic E-state index is 10.5. The second kappa shape index (κ2) is 21.8. The van der Waals surface area contributed by atoms with Gasteiger partial charge in [-0.25, -0.2) is 24.1 Å². The topological polar surface area (TPSA) is 131 Å². The molecule has 3 N–H and O–H groups in total. The third kappa shape index (κ3) is 10.8. The highest BCUT2D eigenvalue weighted by Crippen LogP contribution is 2.39. The van der Waals surface area contributed by atoms with Crippen molar-refractivity contribution in [3.63, 3.8) is 0 Å². The van der Waals surface area contributed by atoms with E-state index in [2.05, 4.69) is 155 Å². The summed E-state index contributed by atoms with van der Waals surface area (Å²) in [6.07, 6.45) is 34.9. The maximum Gasteiger partial charge on any atom is 0.180 e. The van der Waals surface area contributed by atoms with Crippen LogP contribution in [0.15, 0.2) is 225 Å². The number of nitrogens with zero attached hydrogens (tertiary/aromatic N) is 8. The lowest BCUT2D eigenvalue weighted by Crippen LogP contribution is -2.26. The summed E-state index contributed by atoms with van der Waals surface area (Å²) >= 11 is 6.15. The van der Waals surface area contributed by atoms with Gasteiger partial charge in [0.1, 0.15) is 19.8 Å². The number of ether oxygens (including phenoxy) is 1. The number of pyridine rings is 3. The zero-order chi connectivity index (χ0) is 51.3. The Kier molecular flexibility index (Phi) is 14.1. The van der Waals surface area contributed by atoms with Crippen LogP contribution in [0, 0.1) is 0 Å². The molecular formula is C62H57ClN10O2+2. The number of aryl methyl sites for hydroxylation is 2. The molecule has 0 saturated carbocycles. The minimum absolute atomic E-state index is 0.189. The molecule has 2 aromatic carbocycles. The summed E-state index contributed by atoms with van der Waals surface area (Å²) in [6.45, 7) is 1.90. The number of aromatic nitrogens is 4. The number of fused-ring (bicyclic) bond motifs is 6. The van der Waals surface area contributed by atoms with E-state index in [1.807, 2.05) is 71.6 Å². The molecule has 75 heavy (non-hydrogen) atoms. The highest BCUT2D eigenvalue weighted by atomic mass is 35.5. The predicted molar refractivity (Wildman–Crippen MR) is 303 cm³/mol. The third-order valence-electron chi connectivity index (χ3n) is 13.6. The van der Waals surface area contributed by atoms with Crippen molar-refractivity contribution in [2.75, 3.05) is 32.1 Å². The summed E-state index contributed by atoms with van der Waals surface area (Å²) in [4.78, 5) is 31.0. The molecular weight excluding hydrogens is 952 g/mol. The van der Waals surface area contributed by atoms with Gasteiger partial charge < -0.3 is 25.0 Å². The summed E-state index contributed by atoms with van der Waals surface area (Å²) < 4.78 is 10.3. The van der Waals surface area contributed by atoms with Gasteiger partial charge >= 0.3 is 0 Å². The first kappa shape index (κ1) is 48.5. The van der Waals surface area contributed by atoms with Crippen LogP contribution in [0.5, 0.6) is 5.75 Å². The fraction of sp³-hybridized carbons (Fsp3) is 0.177. The van der Waals surface area contributed by atoms with Crippen LogP contribution >= 0.6 is 11.6 Å². The number of benzene rings is 2. The third-order valence-corrected chi connectivity index (χ3v) is 13.8. The van der Waals surface area contributed by atoms with Crippen molar-refractivity contribution in [2.24, 2.45) is 34.1 Å². The molecule has 0 spiro atoms. The average Bonchev–Trinajstić information content (AvgIpc) is 4.28. The highest BCUT2D eigenvalue weighted by Gasteiger charge is 2.27. The second-order valence-corrected chi connectivity index (χ2v) is 19.4. The van der Waals surface area contributed by atoms with Crippen molar-refractivity contribution in [3.05, 3.63) is 238 Å². The Balaban J connectivity index is 0.842. The molecule has 5 aliphatic rings. The van der Waals surface area contributed by atoms with Crippen LogP contribution in [0.25, 0.3) is 27.6 Å². The summed E-state index contributed by atoms with van der Waals surface area (Å²) in [7, 11) is 6.07. The molecule has 13 heteroatoms. The van der Waals surface area contributed by atoms with Crippen molar-refractivity contribution >= 4 is 67.9 Å². The van der Waals surface area contributed by atoms with E-state index in [-0.39, 0.29) is 5.90 Å². The number of anilines is 1. The minimum Gasteiger partial charge on any atom is -0.497 e. The standard InChI is InChI=1S/C62H56ClN10O2/c1-71-33-24-42(25-34-71)60-51-17-15-49(67-51)59(41-9-12-46(13-10-41)75-39-7-4-8-58(74)66-31-6-5-30-64-48-23-32-65-57-40-45(63)11-14-47(48)57)50-16-18-52(68-50)61(43-26-35-72(2)36-27-43)54-20-22-56(70-54)62(55-21-19-53(60)69-55)44-28-37-73(3)38-29-44/h9-29,32-38,40H,4-8,30-31,39H2,1-3H3,(H2-,64,65,66,67,68,69,70,74)/q+1/p+1. The van der Waals surface area contributed by atoms with E-state index in [0.717, 1.165) is 145 Å². The van der Waals surface area contributed by atoms with E-state index in [1.165, 1.54) is 0 Å². The van der Waals surface area contributed by atoms with E-state index in [1.54, 1.807) is 6.20 Å². The number of halogens is 1. The van der Waals surface area contributed by atoms with Gasteiger partial charge in [0.25, 0.3) is 0 Å². The molecule has 12 nitrogen and oxygen atoms in total. The molecule has 11 rings (SSSR count). The molecule has 0 amide bonds. The van der Waals surface area contributed by atoms with Crippen molar-refractivity contribution in [3.8, 4) is 5.75 Å². The number of aliphatic imine (C=N–C) groups is 4. The smallest absolute Gasteiger partial charge is 0.180 e. The van der Waals surface area contributed by atoms with Crippen LogP contribution < -0.4 is 19.2 Å². The number of aliphatic hydroxyl groups is 1. The van der Waals surface area contributed by atoms with E-state index >= 15 is 0 Å². The molecule has 0 radical (unpaired) electrons. The largest absolute Gasteiger partial charge is 0.497 e. The molecule has 9 heterocycles. The summed E-state index contributed by atoms with van der Waals surface area (Å²) in [5.41, 5.74) is 16.6. The Labute approximate surface area is 442 Å². The van der Waals surface area contributed by atoms with E-state index < -0.39 is 0 Å². The fourth-order valence-corrected chi connectivity index (χ4v) is 9.83. The van der Waals surface area contributed by atoms with Crippen molar-refractivity contribution in [2.45, 2.75) is 32.1 Å². The monoisotopic (exact) mass is 1010 g/mol. The van der Waals surface area contributed by atoms with Gasteiger partial charge in [0.05, 0.1) is 46.3 Å². The van der Waals surface area contributed by atoms with Gasteiger partial charge in [-0.2, -0.15) is 0 Å². The lowest BCUT2D eigenvalue weighted by molar-refractivity contribution is -0.671. The highest BCUT2D eigenvalue weighted by molar-refractivity contribution is 6.36. The summed E-state index contributed by atoms with van der Waals surface area (Å²) in [6, 6.07) is 28.7. The summed E-state index contributed by atoms with van der Waals surface area (Å²) in [5, 5.41) is 15.7. The van der Waals surface area contributed by atoms with Gasteiger partial charge in [0.2, 0.25) is 0 Å². The molecule has 0 aliphatic carbocycles. The quantitative estimate of drug-likeness (QED) is 0.0408. The first-order chi connectivity index (χ1) is 36.7. The van der Waals surface area contributed by atoms with Crippen LogP contribution in [0.4, 0.5) is 5.69 Å². The number of H-pyrrole nitrogens is 1. The first-order valence-corrected chi connectivity index (χ1v) is 25.8. The fourth-order valence-electron chi connectivity index (χ4n) is 9.66. The van der Waals surface area contributed by atoms with Crippen LogP contribution in [-0.2, 0) is 14.1 Å². The molecule has 4 aromatic heterocycles. The molecule has 5 aliphatic heterocycles. The van der Waals surface area contributed by atoms with Gasteiger partial charge in [-0.15, -0.1) is 0 Å². The number of aliphatic hydroxyl groups excluding tert-OH is 1. The van der Waals surface area contributed by atoms with Crippen LogP contribution in [-0.4, -0.2) is 69.8 Å². The second-order valence-electron chi connectivity index (χ2n) is 19.0. The van der Waals surface area contributed by atoms with Gasteiger partial charge in [0.15, 0.2) is 30.7 Å². The number of unbranched alkanes of at least 4 members (excludes halogenated alkanes) is 2. The first-order valence-electron chi connectivity index (χ1n) is 25.4. The van der Waals surface area contributed by atoms with E-state index in [4.69, 9.17) is 31.3 Å². The maximum atomic E-state index is 10.5. The lowest BCUT2D eigenvalue weighted by atomic mass is 9.97. The Morgan fingerprint density at radius 2 is 1.24 bits per heavy atom. The van der Waals surface area contributed by atoms with Crippen LogP contribution in [0.3, 0.4) is 0 Å². The molecule has 6 aromatic rings. The van der Waals surface area contributed by atoms with E-state index in [9.17, 15) is 5.11 Å². The molecule has 8 bridgehead atoms. The zero-order valence-corrected chi connectivity index (χ0v) is 43.0. The number of aromatic amines is 1. The van der Waals surface area contributed by atoms with Crippen molar-refractivity contribution < 1.29 is 19.0 Å². The normalized spacial score (nSPS) is 16.0. The Morgan fingerprint density at radius 3 is 1.88 bits per heavy atom. The zero-order valence-electron chi connectivity index (χ0n) is 42.2. The molecule has 0 saturated heterocycles. The number of hydrogen-bond donors (Lipinski definition) is 3. The van der Waals surface area contributed by atoms with E-state index in [0.29, 0.717) is 24.6 Å². The predicted octanol–water partition coefficient (Wildman–Crippen LogP) is 11.5. The number of allylic oxidation sites excluding steroid dienone is 11. The van der Waals surface area contributed by atoms with Crippen molar-refractivity contribution in [1.82, 2.24) is 14.9 Å².